The van der Waals surface area contributed by atoms with E-state index in [0.29, 0.717) is 26.2 Å². The lowest BCUT2D eigenvalue weighted by atomic mass is 9.85. The van der Waals surface area contributed by atoms with E-state index >= 15 is 0 Å². The quantitative estimate of drug-likeness (QED) is 0.895. The summed E-state index contributed by atoms with van der Waals surface area (Å²) in [5.41, 5.74) is 5.27. The first-order valence-electron chi connectivity index (χ1n) is 9.28. The fourth-order valence-corrected chi connectivity index (χ4v) is 4.05. The smallest absolute Gasteiger partial charge is 0.407 e. The van der Waals surface area contributed by atoms with Crippen LogP contribution in [-0.2, 0) is 11.8 Å². The molecule has 1 aromatic heterocycles. The molecule has 2 aliphatic rings. The third-order valence-electron chi connectivity index (χ3n) is 5.76. The van der Waals surface area contributed by atoms with E-state index in [1.54, 1.807) is 0 Å². The van der Waals surface area contributed by atoms with Crippen molar-refractivity contribution >= 4 is 11.9 Å². The molecule has 0 unspecified atom stereocenters. The van der Waals surface area contributed by atoms with Crippen molar-refractivity contribution in [3.8, 4) is 11.3 Å². The van der Waals surface area contributed by atoms with Crippen LogP contribution < -0.4 is 4.90 Å². The van der Waals surface area contributed by atoms with Crippen molar-refractivity contribution in [1.82, 2.24) is 9.88 Å². The zero-order valence-corrected chi connectivity index (χ0v) is 15.4. The molecule has 1 fully saturated rings. The lowest BCUT2D eigenvalue weighted by Gasteiger charge is -2.34. The van der Waals surface area contributed by atoms with Gasteiger partial charge in [0.1, 0.15) is 5.82 Å². The minimum Gasteiger partial charge on any atom is -0.465 e. The third kappa shape index (κ3) is 3.02. The molecular weight excluding hydrogens is 326 g/mol. The van der Waals surface area contributed by atoms with Crippen LogP contribution in [0, 0.1) is 0 Å². The van der Waals surface area contributed by atoms with Gasteiger partial charge in [-0.2, -0.15) is 0 Å². The van der Waals surface area contributed by atoms with Crippen LogP contribution in [0.5, 0.6) is 0 Å². The number of carbonyl (C=O) groups is 1. The first-order chi connectivity index (χ1) is 12.4. The average molecular weight is 351 g/mol. The lowest BCUT2D eigenvalue weighted by molar-refractivity contribution is 0.142. The van der Waals surface area contributed by atoms with Gasteiger partial charge >= 0.3 is 6.09 Å². The fraction of sp³-hybridized carbons (Fsp3) is 0.429. The van der Waals surface area contributed by atoms with E-state index in [4.69, 9.17) is 10.1 Å². The summed E-state index contributed by atoms with van der Waals surface area (Å²) in [6.45, 7) is 7.03. The molecule has 26 heavy (non-hydrogen) atoms. The van der Waals surface area contributed by atoms with Gasteiger partial charge in [-0.15, -0.1) is 0 Å². The van der Waals surface area contributed by atoms with Crippen molar-refractivity contribution in [2.24, 2.45) is 0 Å². The minimum atomic E-state index is -0.841. The molecule has 1 aromatic carbocycles. The fourth-order valence-electron chi connectivity index (χ4n) is 4.05. The summed E-state index contributed by atoms with van der Waals surface area (Å²) in [5, 5.41) is 9.10. The highest BCUT2D eigenvalue weighted by molar-refractivity contribution is 5.66. The van der Waals surface area contributed by atoms with Gasteiger partial charge < -0.3 is 14.9 Å². The van der Waals surface area contributed by atoms with Crippen molar-refractivity contribution in [3.63, 3.8) is 0 Å². The molecule has 1 aliphatic carbocycles. The van der Waals surface area contributed by atoms with Crippen LogP contribution in [0.1, 0.15) is 31.4 Å². The number of pyridine rings is 1. The summed E-state index contributed by atoms with van der Waals surface area (Å²) in [7, 11) is 0. The maximum Gasteiger partial charge on any atom is 0.407 e. The van der Waals surface area contributed by atoms with Gasteiger partial charge in [0.05, 0.1) is 5.69 Å². The number of anilines is 1. The summed E-state index contributed by atoms with van der Waals surface area (Å²) < 4.78 is 0. The topological polar surface area (TPSA) is 56.7 Å². The number of aromatic nitrogens is 1. The van der Waals surface area contributed by atoms with Crippen molar-refractivity contribution in [2.45, 2.75) is 32.1 Å². The molecule has 2 heterocycles. The molecule has 1 saturated heterocycles. The van der Waals surface area contributed by atoms with E-state index < -0.39 is 6.09 Å². The van der Waals surface area contributed by atoms with Gasteiger partial charge in [-0.25, -0.2) is 9.78 Å². The largest absolute Gasteiger partial charge is 0.465 e. The molecule has 0 spiro atoms. The second-order valence-corrected chi connectivity index (χ2v) is 7.89. The minimum absolute atomic E-state index is 0.232. The first-order valence-corrected chi connectivity index (χ1v) is 9.28. The summed E-state index contributed by atoms with van der Waals surface area (Å²) in [4.78, 5) is 19.6. The maximum atomic E-state index is 11.1. The maximum absolute atomic E-state index is 11.1. The summed E-state index contributed by atoms with van der Waals surface area (Å²) in [6, 6.07) is 12.8. The SMILES string of the molecule is CC1(C)CCc2ccc(-c3cccc(N4CCN(C(=O)O)CC4)n3)cc21. The Bertz CT molecular complexity index is 839. The molecule has 1 aliphatic heterocycles. The second kappa shape index (κ2) is 6.31. The Kier molecular flexibility index (Phi) is 4.10. The van der Waals surface area contributed by atoms with E-state index in [9.17, 15) is 4.79 Å². The van der Waals surface area contributed by atoms with Crippen molar-refractivity contribution in [2.75, 3.05) is 31.1 Å². The van der Waals surface area contributed by atoms with Gasteiger partial charge in [-0.05, 0) is 47.6 Å². The Hall–Kier alpha value is -2.56. The standard InChI is InChI=1S/C21H25N3O2/c1-21(2)9-8-15-6-7-16(14-17(15)21)18-4-3-5-19(22-18)23-10-12-24(13-11-23)20(25)26/h3-7,14H,8-13H2,1-2H3,(H,25,26). The highest BCUT2D eigenvalue weighted by atomic mass is 16.4. The van der Waals surface area contributed by atoms with Crippen LogP contribution in [0.2, 0.25) is 0 Å². The average Bonchev–Trinajstić information content (AvgIpc) is 2.96. The molecule has 5 heteroatoms. The van der Waals surface area contributed by atoms with E-state index in [2.05, 4.69) is 43.0 Å². The molecular formula is C21H25N3O2. The molecule has 0 bridgehead atoms. The Morgan fingerprint density at radius 3 is 2.62 bits per heavy atom. The normalized spacial score (nSPS) is 18.7. The molecule has 136 valence electrons. The van der Waals surface area contributed by atoms with Crippen LogP contribution in [0.3, 0.4) is 0 Å². The predicted octanol–water partition coefficient (Wildman–Crippen LogP) is 3.77. The van der Waals surface area contributed by atoms with Gasteiger partial charge in [0, 0.05) is 31.7 Å². The number of carboxylic acid groups (broad SMARTS) is 1. The Balaban J connectivity index is 1.58. The summed E-state index contributed by atoms with van der Waals surface area (Å²) in [6.07, 6.45) is 1.52. The van der Waals surface area contributed by atoms with Gasteiger partial charge in [0.2, 0.25) is 0 Å². The monoisotopic (exact) mass is 351 g/mol. The van der Waals surface area contributed by atoms with E-state index in [1.165, 1.54) is 22.4 Å². The highest BCUT2D eigenvalue weighted by Crippen LogP contribution is 2.40. The number of piperazine rings is 1. The molecule has 0 saturated carbocycles. The van der Waals surface area contributed by atoms with Crippen molar-refractivity contribution in [1.29, 1.82) is 0 Å². The number of fused-ring (bicyclic) bond motifs is 1. The number of nitrogens with zero attached hydrogens (tertiary/aromatic N) is 3. The van der Waals surface area contributed by atoms with Crippen LogP contribution in [-0.4, -0.2) is 47.3 Å². The van der Waals surface area contributed by atoms with Gasteiger partial charge in [-0.3, -0.25) is 0 Å². The predicted molar refractivity (Wildman–Crippen MR) is 103 cm³/mol. The van der Waals surface area contributed by atoms with E-state index in [0.717, 1.165) is 23.5 Å². The molecule has 1 N–H and O–H groups in total. The molecule has 0 radical (unpaired) electrons. The van der Waals surface area contributed by atoms with Crippen LogP contribution in [0.4, 0.5) is 10.6 Å². The Morgan fingerprint density at radius 1 is 1.12 bits per heavy atom. The third-order valence-corrected chi connectivity index (χ3v) is 5.76. The number of aryl methyl sites for hydroxylation is 1. The number of hydrogen-bond donors (Lipinski definition) is 1. The number of hydrogen-bond acceptors (Lipinski definition) is 3. The lowest BCUT2D eigenvalue weighted by Crippen LogP contribution is -2.48. The van der Waals surface area contributed by atoms with Crippen LogP contribution >= 0.6 is 0 Å². The van der Waals surface area contributed by atoms with Gasteiger partial charge in [0.25, 0.3) is 0 Å². The van der Waals surface area contributed by atoms with E-state index in [-0.39, 0.29) is 5.41 Å². The van der Waals surface area contributed by atoms with Gasteiger partial charge in [0.15, 0.2) is 0 Å². The summed E-state index contributed by atoms with van der Waals surface area (Å²) in [5.74, 6) is 0.923. The zero-order chi connectivity index (χ0) is 18.3. The zero-order valence-electron chi connectivity index (χ0n) is 15.4. The molecule has 1 amide bonds. The van der Waals surface area contributed by atoms with Crippen LogP contribution in [0.15, 0.2) is 36.4 Å². The van der Waals surface area contributed by atoms with Crippen molar-refractivity contribution < 1.29 is 9.90 Å². The van der Waals surface area contributed by atoms with Gasteiger partial charge in [-0.1, -0.05) is 32.0 Å². The van der Waals surface area contributed by atoms with Crippen LogP contribution in [0.25, 0.3) is 11.3 Å². The number of amides is 1. The molecule has 5 nitrogen and oxygen atoms in total. The van der Waals surface area contributed by atoms with E-state index in [1.807, 2.05) is 12.1 Å². The molecule has 4 rings (SSSR count). The first kappa shape index (κ1) is 16.9. The molecule has 2 aromatic rings. The Morgan fingerprint density at radius 2 is 1.88 bits per heavy atom. The van der Waals surface area contributed by atoms with Crippen molar-refractivity contribution in [3.05, 3.63) is 47.5 Å². The Labute approximate surface area is 154 Å². The molecule has 0 atom stereocenters. The highest BCUT2D eigenvalue weighted by Gasteiger charge is 2.30. The summed E-state index contributed by atoms with van der Waals surface area (Å²) >= 11 is 0. The second-order valence-electron chi connectivity index (χ2n) is 7.89. The number of rotatable bonds is 2. The number of benzene rings is 1.